The van der Waals surface area contributed by atoms with Gasteiger partial charge in [-0.05, 0) is 24.6 Å². The summed E-state index contributed by atoms with van der Waals surface area (Å²) in [6.45, 7) is 1.89. The van der Waals surface area contributed by atoms with Crippen LogP contribution in [-0.4, -0.2) is 23.4 Å². The predicted molar refractivity (Wildman–Crippen MR) is 72.2 cm³/mol. The lowest BCUT2D eigenvalue weighted by Gasteiger charge is -2.15. The molecule has 4 nitrogen and oxygen atoms in total. The fourth-order valence-electron chi connectivity index (χ4n) is 1.43. The van der Waals surface area contributed by atoms with Crippen LogP contribution in [0.15, 0.2) is 23.2 Å². The third kappa shape index (κ3) is 4.43. The van der Waals surface area contributed by atoms with Crippen molar-refractivity contribution >= 4 is 29.3 Å². The smallest absolute Gasteiger partial charge is 0.141 e. The van der Waals surface area contributed by atoms with Gasteiger partial charge in [0.05, 0.1) is 5.02 Å². The number of nitrogens with one attached hydrogen (secondary N) is 2. The number of benzene rings is 1. The predicted octanol–water partition coefficient (Wildman–Crippen LogP) is 3.06. The highest BCUT2D eigenvalue weighted by Crippen LogP contribution is 2.20. The third-order valence-electron chi connectivity index (χ3n) is 2.34. The van der Waals surface area contributed by atoms with Gasteiger partial charge in [-0.15, -0.1) is 0 Å². The van der Waals surface area contributed by atoms with Crippen molar-refractivity contribution in [2.75, 3.05) is 5.32 Å². The molecule has 18 heavy (non-hydrogen) atoms. The molecule has 1 aromatic carbocycles. The Kier molecular flexibility index (Phi) is 5.74. The summed E-state index contributed by atoms with van der Waals surface area (Å²) in [5.41, 5.74) is 1.23. The average Bonchev–Trinajstić information content (AvgIpc) is 2.33. The zero-order chi connectivity index (χ0) is 13.5. The van der Waals surface area contributed by atoms with Crippen LogP contribution in [0.1, 0.15) is 19.8 Å². The summed E-state index contributed by atoms with van der Waals surface area (Å²) in [5, 5.41) is 19.4. The van der Waals surface area contributed by atoms with Crippen LogP contribution in [0.25, 0.3) is 0 Å². The van der Waals surface area contributed by atoms with Crippen molar-refractivity contribution in [1.29, 1.82) is 5.41 Å². The minimum Gasteiger partial charge on any atom is -0.373 e. The van der Waals surface area contributed by atoms with Crippen molar-refractivity contribution in [3.8, 4) is 0 Å². The Hall–Kier alpha value is -1.46. The van der Waals surface area contributed by atoms with Gasteiger partial charge in [-0.25, -0.2) is 9.38 Å². The summed E-state index contributed by atoms with van der Waals surface area (Å²) >= 11 is 5.63. The van der Waals surface area contributed by atoms with Gasteiger partial charge in [0.25, 0.3) is 0 Å². The summed E-state index contributed by atoms with van der Waals surface area (Å²) in [5.74, 6) is -0.503. The summed E-state index contributed by atoms with van der Waals surface area (Å²) in [7, 11) is 0. The van der Waals surface area contributed by atoms with Crippen molar-refractivity contribution in [1.82, 2.24) is 0 Å². The van der Waals surface area contributed by atoms with Crippen LogP contribution in [-0.2, 0) is 0 Å². The first-order chi connectivity index (χ1) is 8.56. The molecule has 1 unspecified atom stereocenters. The minimum atomic E-state index is -0.856. The Morgan fingerprint density at radius 1 is 1.67 bits per heavy atom. The fourth-order valence-corrected chi connectivity index (χ4v) is 1.61. The molecule has 3 N–H and O–H groups in total. The van der Waals surface area contributed by atoms with Gasteiger partial charge >= 0.3 is 0 Å². The largest absolute Gasteiger partial charge is 0.373 e. The molecule has 0 aliphatic carbocycles. The topological polar surface area (TPSA) is 68.5 Å². The molecule has 0 bridgehead atoms. The van der Waals surface area contributed by atoms with Crippen LogP contribution in [0.2, 0.25) is 5.02 Å². The first-order valence-corrected chi connectivity index (χ1v) is 5.88. The molecule has 1 aromatic rings. The molecular formula is C12H15ClFN3O. The van der Waals surface area contributed by atoms with Gasteiger partial charge in [0, 0.05) is 17.8 Å². The fraction of sp³-hybridized carbons (Fsp3) is 0.333. The molecule has 0 aliphatic rings. The lowest BCUT2D eigenvalue weighted by atomic mass is 10.2. The number of halogens is 2. The quantitative estimate of drug-likeness (QED) is 0.423. The number of anilines is 1. The summed E-state index contributed by atoms with van der Waals surface area (Å²) in [6.07, 6.45) is 1.03. The van der Waals surface area contributed by atoms with Gasteiger partial charge in [0.2, 0.25) is 0 Å². The number of hydrogen-bond acceptors (Lipinski definition) is 3. The molecule has 0 saturated heterocycles. The molecule has 6 heteroatoms. The zero-order valence-corrected chi connectivity index (χ0v) is 10.7. The Bertz CT molecular complexity index is 451. The minimum absolute atomic E-state index is 0.00364. The van der Waals surface area contributed by atoms with E-state index in [0.29, 0.717) is 24.2 Å². The standard InChI is InChI=1S/C12H15ClFN3O/c1-2-8(16-7-15)6-12(18)17-9-3-4-11(14)10(13)5-9/h3-5,7,12,15,17-18H,2,6H2,1H3. The van der Waals surface area contributed by atoms with Crippen LogP contribution in [0, 0.1) is 11.2 Å². The molecule has 0 aliphatic heterocycles. The highest BCUT2D eigenvalue weighted by Gasteiger charge is 2.08. The van der Waals surface area contributed by atoms with E-state index in [9.17, 15) is 9.50 Å². The SMILES string of the molecule is CCC(CC(O)Nc1ccc(F)c(Cl)c1)=NC=N. The average molecular weight is 272 g/mol. The van der Waals surface area contributed by atoms with Crippen LogP contribution < -0.4 is 5.32 Å². The van der Waals surface area contributed by atoms with E-state index in [-0.39, 0.29) is 5.02 Å². The number of aliphatic hydroxyl groups excluding tert-OH is 1. The molecule has 0 amide bonds. The van der Waals surface area contributed by atoms with E-state index < -0.39 is 12.0 Å². The van der Waals surface area contributed by atoms with E-state index in [0.717, 1.165) is 6.34 Å². The van der Waals surface area contributed by atoms with Crippen molar-refractivity contribution in [2.45, 2.75) is 26.0 Å². The molecule has 0 spiro atoms. The molecule has 0 saturated carbocycles. The summed E-state index contributed by atoms with van der Waals surface area (Å²) in [6, 6.07) is 4.12. The molecule has 0 fully saturated rings. The third-order valence-corrected chi connectivity index (χ3v) is 2.63. The number of aliphatic imine (C=N–C) groups is 1. The zero-order valence-electron chi connectivity index (χ0n) is 9.95. The van der Waals surface area contributed by atoms with Gasteiger partial charge in [-0.2, -0.15) is 0 Å². The van der Waals surface area contributed by atoms with Crippen molar-refractivity contribution < 1.29 is 9.50 Å². The van der Waals surface area contributed by atoms with E-state index in [2.05, 4.69) is 10.3 Å². The second-order valence-electron chi connectivity index (χ2n) is 3.67. The number of aliphatic hydroxyl groups is 1. The maximum atomic E-state index is 12.9. The van der Waals surface area contributed by atoms with Crippen LogP contribution in [0.3, 0.4) is 0 Å². The van der Waals surface area contributed by atoms with E-state index >= 15 is 0 Å². The Morgan fingerprint density at radius 2 is 2.39 bits per heavy atom. The highest BCUT2D eigenvalue weighted by molar-refractivity contribution is 6.31. The monoisotopic (exact) mass is 271 g/mol. The van der Waals surface area contributed by atoms with E-state index in [1.807, 2.05) is 6.92 Å². The first-order valence-electron chi connectivity index (χ1n) is 5.51. The Balaban J connectivity index is 2.63. The molecule has 0 heterocycles. The lowest BCUT2D eigenvalue weighted by Crippen LogP contribution is -2.22. The second kappa shape index (κ2) is 7.08. The number of rotatable bonds is 6. The molecule has 0 aromatic heterocycles. The Labute approximate surface area is 110 Å². The lowest BCUT2D eigenvalue weighted by molar-refractivity contribution is 0.211. The van der Waals surface area contributed by atoms with Crippen LogP contribution >= 0.6 is 11.6 Å². The molecule has 1 atom stereocenters. The maximum Gasteiger partial charge on any atom is 0.141 e. The number of nitrogens with zero attached hydrogens (tertiary/aromatic N) is 1. The van der Waals surface area contributed by atoms with Crippen molar-refractivity contribution in [2.24, 2.45) is 4.99 Å². The highest BCUT2D eigenvalue weighted by atomic mass is 35.5. The molecular weight excluding hydrogens is 257 g/mol. The van der Waals surface area contributed by atoms with Gasteiger partial charge in [0.15, 0.2) is 0 Å². The van der Waals surface area contributed by atoms with E-state index in [1.54, 1.807) is 0 Å². The van der Waals surface area contributed by atoms with Crippen molar-refractivity contribution in [3.05, 3.63) is 29.0 Å². The second-order valence-corrected chi connectivity index (χ2v) is 4.08. The normalized spacial score (nSPS) is 13.2. The molecule has 98 valence electrons. The van der Waals surface area contributed by atoms with Gasteiger partial charge in [-0.1, -0.05) is 18.5 Å². The van der Waals surface area contributed by atoms with Crippen LogP contribution in [0.5, 0.6) is 0 Å². The van der Waals surface area contributed by atoms with E-state index in [4.69, 9.17) is 17.0 Å². The summed E-state index contributed by atoms with van der Waals surface area (Å²) in [4.78, 5) is 3.83. The van der Waals surface area contributed by atoms with Gasteiger partial charge < -0.3 is 10.4 Å². The maximum absolute atomic E-state index is 12.9. The Morgan fingerprint density at radius 3 is 2.94 bits per heavy atom. The van der Waals surface area contributed by atoms with Crippen LogP contribution in [0.4, 0.5) is 10.1 Å². The van der Waals surface area contributed by atoms with E-state index in [1.165, 1.54) is 18.2 Å². The molecule has 0 radical (unpaired) electrons. The van der Waals surface area contributed by atoms with Gasteiger partial charge in [-0.3, -0.25) is 5.41 Å². The number of hydrogen-bond donors (Lipinski definition) is 3. The van der Waals surface area contributed by atoms with Crippen molar-refractivity contribution in [3.63, 3.8) is 0 Å². The molecule has 1 rings (SSSR count). The first kappa shape index (κ1) is 14.6. The summed E-state index contributed by atoms with van der Waals surface area (Å²) < 4.78 is 12.9. The van der Waals surface area contributed by atoms with Gasteiger partial charge in [0.1, 0.15) is 18.4 Å².